The van der Waals surface area contributed by atoms with Crippen molar-refractivity contribution >= 4 is 32.4 Å². The normalized spacial score (nSPS) is 19.9. The van der Waals surface area contributed by atoms with Gasteiger partial charge in [0.25, 0.3) is 5.91 Å². The van der Waals surface area contributed by atoms with E-state index in [0.717, 1.165) is 30.9 Å². The van der Waals surface area contributed by atoms with Crippen LogP contribution in [0.3, 0.4) is 0 Å². The fourth-order valence-electron chi connectivity index (χ4n) is 3.80. The number of carbonyl (C=O) groups is 1. The molecule has 2 heterocycles. The Balaban J connectivity index is 1.73. The fraction of sp³-hybridized carbons (Fsp3) is 0.524. The topological polar surface area (TPSA) is 91.8 Å². The molecule has 1 amide bonds. The van der Waals surface area contributed by atoms with Crippen molar-refractivity contribution in [2.24, 2.45) is 0 Å². The number of hydrogen-bond donors (Lipinski definition) is 1. The van der Waals surface area contributed by atoms with Crippen molar-refractivity contribution in [3.63, 3.8) is 0 Å². The van der Waals surface area contributed by atoms with Gasteiger partial charge in [0.15, 0.2) is 5.13 Å². The van der Waals surface area contributed by atoms with Crippen molar-refractivity contribution < 1.29 is 22.3 Å². The average Bonchev–Trinajstić information content (AvgIpc) is 3.14. The second-order valence-electron chi connectivity index (χ2n) is 7.78. The number of nitrogens with zero attached hydrogens (tertiary/aromatic N) is 3. The van der Waals surface area contributed by atoms with E-state index >= 15 is 0 Å². The van der Waals surface area contributed by atoms with Gasteiger partial charge in [-0.2, -0.15) is 4.31 Å². The Kier molecular flexibility index (Phi) is 7.99. The third-order valence-electron chi connectivity index (χ3n) is 5.18. The Morgan fingerprint density at radius 3 is 2.56 bits per heavy atom. The van der Waals surface area contributed by atoms with Crippen molar-refractivity contribution in [1.29, 1.82) is 0 Å². The molecule has 176 valence electrons. The lowest BCUT2D eigenvalue weighted by atomic mass is 10.2. The lowest BCUT2D eigenvalue weighted by molar-refractivity contribution is -0.0707. The van der Waals surface area contributed by atoms with Gasteiger partial charge in [-0.1, -0.05) is 13.8 Å². The predicted molar refractivity (Wildman–Crippen MR) is 122 cm³/mol. The lowest BCUT2D eigenvalue weighted by Crippen LogP contribution is -2.44. The number of rotatable bonds is 8. The van der Waals surface area contributed by atoms with E-state index in [9.17, 15) is 17.6 Å². The minimum Gasteiger partial charge on any atom is -0.373 e. The molecule has 11 heteroatoms. The number of carbonyl (C=O) groups excluding carboxylic acids is 1. The molecule has 0 spiro atoms. The molecule has 0 radical (unpaired) electrons. The monoisotopic (exact) mass is 484 g/mol. The van der Waals surface area contributed by atoms with Gasteiger partial charge in [0.05, 0.1) is 28.4 Å². The third kappa shape index (κ3) is 5.70. The molecule has 1 aromatic heterocycles. The molecule has 32 heavy (non-hydrogen) atoms. The maximum absolute atomic E-state index is 14.4. The largest absolute Gasteiger partial charge is 0.373 e. The molecule has 0 bridgehead atoms. The van der Waals surface area contributed by atoms with E-state index in [-0.39, 0.29) is 35.8 Å². The van der Waals surface area contributed by atoms with Gasteiger partial charge in [0.1, 0.15) is 5.82 Å². The first-order chi connectivity index (χ1) is 15.1. The summed E-state index contributed by atoms with van der Waals surface area (Å²) >= 11 is 1.24. The quantitative estimate of drug-likeness (QED) is 0.619. The van der Waals surface area contributed by atoms with Crippen LogP contribution in [0.15, 0.2) is 28.5 Å². The SMILES string of the molecule is CCN(CC)S(=O)(=O)c1ccc(F)c(C(=O)Nc2nc(CN3CC(C)OC(C)C3)cs2)c1. The van der Waals surface area contributed by atoms with Gasteiger partial charge in [0.2, 0.25) is 10.0 Å². The van der Waals surface area contributed by atoms with E-state index < -0.39 is 21.7 Å². The van der Waals surface area contributed by atoms with Crippen LogP contribution in [0.1, 0.15) is 43.7 Å². The van der Waals surface area contributed by atoms with E-state index in [0.29, 0.717) is 11.7 Å². The Bertz CT molecular complexity index is 1050. The van der Waals surface area contributed by atoms with Gasteiger partial charge in [-0.3, -0.25) is 15.0 Å². The summed E-state index contributed by atoms with van der Waals surface area (Å²) in [5, 5.41) is 4.76. The number of nitrogens with one attached hydrogen (secondary N) is 1. The van der Waals surface area contributed by atoms with Crippen molar-refractivity contribution in [1.82, 2.24) is 14.2 Å². The Morgan fingerprint density at radius 1 is 1.28 bits per heavy atom. The molecule has 1 aromatic carbocycles. The van der Waals surface area contributed by atoms with Crippen molar-refractivity contribution in [2.75, 3.05) is 31.5 Å². The Labute approximate surface area is 192 Å². The van der Waals surface area contributed by atoms with Crippen LogP contribution >= 0.6 is 11.3 Å². The minimum absolute atomic E-state index is 0.122. The number of benzene rings is 1. The molecular weight excluding hydrogens is 455 g/mol. The van der Waals surface area contributed by atoms with Crippen molar-refractivity contribution in [3.8, 4) is 0 Å². The zero-order valence-electron chi connectivity index (χ0n) is 18.7. The summed E-state index contributed by atoms with van der Waals surface area (Å²) in [5.74, 6) is -1.54. The number of sulfonamides is 1. The Hall–Kier alpha value is -1.92. The van der Waals surface area contributed by atoms with Gasteiger partial charge in [-0.05, 0) is 32.0 Å². The van der Waals surface area contributed by atoms with Crippen LogP contribution in [0.4, 0.5) is 9.52 Å². The summed E-state index contributed by atoms with van der Waals surface area (Å²) in [6.45, 7) is 10.3. The first kappa shape index (κ1) is 24.7. The molecule has 2 atom stereocenters. The summed E-state index contributed by atoms with van der Waals surface area (Å²) in [5.41, 5.74) is 0.454. The number of ether oxygens (including phenoxy) is 1. The van der Waals surface area contributed by atoms with E-state index in [2.05, 4.69) is 15.2 Å². The number of aromatic nitrogens is 1. The lowest BCUT2D eigenvalue weighted by Gasteiger charge is -2.34. The van der Waals surface area contributed by atoms with E-state index in [1.807, 2.05) is 19.2 Å². The second kappa shape index (κ2) is 10.3. The number of morpholine rings is 1. The van der Waals surface area contributed by atoms with Gasteiger partial charge in [0, 0.05) is 38.1 Å². The molecule has 0 aliphatic carbocycles. The molecule has 2 aromatic rings. The summed E-state index contributed by atoms with van der Waals surface area (Å²) < 4.78 is 46.8. The highest BCUT2D eigenvalue weighted by molar-refractivity contribution is 7.89. The smallest absolute Gasteiger partial charge is 0.260 e. The number of hydrogen-bond acceptors (Lipinski definition) is 7. The van der Waals surface area contributed by atoms with Gasteiger partial charge < -0.3 is 4.74 Å². The molecule has 1 aliphatic rings. The molecule has 1 N–H and O–H groups in total. The number of thiazole rings is 1. The van der Waals surface area contributed by atoms with Crippen LogP contribution in [0.25, 0.3) is 0 Å². The van der Waals surface area contributed by atoms with Crippen LogP contribution < -0.4 is 5.32 Å². The van der Waals surface area contributed by atoms with Crippen LogP contribution in [-0.2, 0) is 21.3 Å². The molecule has 2 unspecified atom stereocenters. The van der Waals surface area contributed by atoms with E-state index in [1.54, 1.807) is 13.8 Å². The van der Waals surface area contributed by atoms with Crippen LogP contribution in [0, 0.1) is 5.82 Å². The maximum Gasteiger partial charge on any atom is 0.260 e. The molecule has 1 saturated heterocycles. The van der Waals surface area contributed by atoms with E-state index in [1.165, 1.54) is 21.7 Å². The summed E-state index contributed by atoms with van der Waals surface area (Å²) in [4.78, 5) is 19.2. The van der Waals surface area contributed by atoms with Crippen LogP contribution in [-0.4, -0.2) is 66.9 Å². The highest BCUT2D eigenvalue weighted by Crippen LogP contribution is 2.23. The van der Waals surface area contributed by atoms with Gasteiger partial charge in [-0.25, -0.2) is 17.8 Å². The second-order valence-corrected chi connectivity index (χ2v) is 10.6. The molecule has 1 fully saturated rings. The minimum atomic E-state index is -3.81. The fourth-order valence-corrected chi connectivity index (χ4v) is 5.98. The number of halogens is 1. The van der Waals surface area contributed by atoms with Gasteiger partial charge >= 0.3 is 0 Å². The summed E-state index contributed by atoms with van der Waals surface area (Å²) in [6.07, 6.45) is 0.277. The van der Waals surface area contributed by atoms with Gasteiger partial charge in [-0.15, -0.1) is 11.3 Å². The van der Waals surface area contributed by atoms with Crippen LogP contribution in [0.2, 0.25) is 0 Å². The number of amides is 1. The van der Waals surface area contributed by atoms with Crippen LogP contribution in [0.5, 0.6) is 0 Å². The molecule has 3 rings (SSSR count). The highest BCUT2D eigenvalue weighted by atomic mass is 32.2. The first-order valence-corrected chi connectivity index (χ1v) is 12.9. The molecular formula is C21H29FN4O4S2. The maximum atomic E-state index is 14.4. The average molecular weight is 485 g/mol. The molecule has 1 aliphatic heterocycles. The summed E-state index contributed by atoms with van der Waals surface area (Å²) in [7, 11) is -3.81. The van der Waals surface area contributed by atoms with Crippen molar-refractivity contribution in [3.05, 3.63) is 40.7 Å². The number of anilines is 1. The third-order valence-corrected chi connectivity index (χ3v) is 8.03. The van der Waals surface area contributed by atoms with Crippen molar-refractivity contribution in [2.45, 2.75) is 51.3 Å². The predicted octanol–water partition coefficient (Wildman–Crippen LogP) is 3.17. The highest BCUT2D eigenvalue weighted by Gasteiger charge is 2.25. The standard InChI is InChI=1S/C21H29FN4O4S2/c1-5-26(6-2)32(28,29)17-7-8-19(22)18(9-17)20(27)24-21-23-16(13-31-21)12-25-10-14(3)30-15(4)11-25/h7-9,13-15H,5-6,10-12H2,1-4H3,(H,23,24,27). The van der Waals surface area contributed by atoms with E-state index in [4.69, 9.17) is 4.74 Å². The molecule has 0 saturated carbocycles. The zero-order valence-corrected chi connectivity index (χ0v) is 20.3. The summed E-state index contributed by atoms with van der Waals surface area (Å²) in [6, 6.07) is 3.24. The first-order valence-electron chi connectivity index (χ1n) is 10.6. The Morgan fingerprint density at radius 2 is 1.94 bits per heavy atom. The zero-order chi connectivity index (χ0) is 23.5. The molecule has 8 nitrogen and oxygen atoms in total.